The lowest BCUT2D eigenvalue weighted by atomic mass is 9.80. The first-order chi connectivity index (χ1) is 14.7. The average Bonchev–Trinajstić information content (AvgIpc) is 2.74. The van der Waals surface area contributed by atoms with Gasteiger partial charge in [0.15, 0.2) is 0 Å². The van der Waals surface area contributed by atoms with Gasteiger partial charge in [-0.15, -0.1) is 0 Å². The number of amides is 2. The second-order valence-corrected chi connectivity index (χ2v) is 8.39. The maximum Gasteiger partial charge on any atom is 0.416 e. The SMILES string of the molecule is CNC1CC2(CCN(C(=O)Nc3ccc(C(F)(F)F)cc3)CC2)Oc2c(Cl)cccc21. The van der Waals surface area contributed by atoms with Crippen LogP contribution in [0.2, 0.25) is 5.02 Å². The largest absolute Gasteiger partial charge is 0.485 e. The number of rotatable bonds is 2. The lowest BCUT2D eigenvalue weighted by Crippen LogP contribution is -2.53. The van der Waals surface area contributed by atoms with Gasteiger partial charge in [-0.1, -0.05) is 23.7 Å². The summed E-state index contributed by atoms with van der Waals surface area (Å²) in [6.45, 7) is 0.950. The number of hydrogen-bond acceptors (Lipinski definition) is 3. The fourth-order valence-corrected chi connectivity index (χ4v) is 4.49. The van der Waals surface area contributed by atoms with Crippen LogP contribution in [0.4, 0.5) is 23.7 Å². The van der Waals surface area contributed by atoms with Crippen LogP contribution in [0.1, 0.15) is 36.4 Å². The van der Waals surface area contributed by atoms with E-state index in [0.717, 1.165) is 24.1 Å². The number of alkyl halides is 3. The van der Waals surface area contributed by atoms with Gasteiger partial charge in [0.05, 0.1) is 10.6 Å². The van der Waals surface area contributed by atoms with Crippen LogP contribution in [-0.2, 0) is 6.18 Å². The summed E-state index contributed by atoms with van der Waals surface area (Å²) >= 11 is 6.38. The third-order valence-electron chi connectivity index (χ3n) is 6.04. The van der Waals surface area contributed by atoms with Crippen molar-refractivity contribution in [2.45, 2.75) is 37.1 Å². The van der Waals surface area contributed by atoms with Crippen molar-refractivity contribution in [1.29, 1.82) is 0 Å². The highest BCUT2D eigenvalue weighted by molar-refractivity contribution is 6.32. The molecule has 9 heteroatoms. The molecule has 0 bridgehead atoms. The monoisotopic (exact) mass is 453 g/mol. The van der Waals surface area contributed by atoms with E-state index in [0.29, 0.717) is 42.4 Å². The summed E-state index contributed by atoms with van der Waals surface area (Å²) in [5, 5.41) is 6.57. The molecule has 2 aliphatic heterocycles. The Morgan fingerprint density at radius 2 is 1.84 bits per heavy atom. The molecule has 31 heavy (non-hydrogen) atoms. The van der Waals surface area contributed by atoms with Gasteiger partial charge in [-0.25, -0.2) is 4.79 Å². The van der Waals surface area contributed by atoms with Gasteiger partial charge in [0, 0.05) is 49.6 Å². The molecule has 0 radical (unpaired) electrons. The summed E-state index contributed by atoms with van der Waals surface area (Å²) in [7, 11) is 1.90. The zero-order valence-electron chi connectivity index (χ0n) is 16.9. The van der Waals surface area contributed by atoms with Crippen molar-refractivity contribution in [3.63, 3.8) is 0 Å². The van der Waals surface area contributed by atoms with Crippen LogP contribution in [-0.4, -0.2) is 36.7 Å². The van der Waals surface area contributed by atoms with Crippen LogP contribution in [0.3, 0.4) is 0 Å². The van der Waals surface area contributed by atoms with E-state index in [2.05, 4.69) is 10.6 Å². The van der Waals surface area contributed by atoms with Crippen molar-refractivity contribution in [2.24, 2.45) is 0 Å². The van der Waals surface area contributed by atoms with Crippen molar-refractivity contribution in [1.82, 2.24) is 10.2 Å². The zero-order valence-corrected chi connectivity index (χ0v) is 17.7. The van der Waals surface area contributed by atoms with E-state index in [9.17, 15) is 18.0 Å². The van der Waals surface area contributed by atoms with Gasteiger partial charge in [0.2, 0.25) is 0 Å². The van der Waals surface area contributed by atoms with E-state index in [1.807, 2.05) is 19.2 Å². The number of ether oxygens (including phenoxy) is 1. The standard InChI is InChI=1S/C22H23ClF3N3O2/c1-27-18-13-21(31-19-16(18)3-2-4-17(19)23)9-11-29(12-10-21)20(30)28-15-7-5-14(6-8-15)22(24,25)26/h2-8,18,27H,9-13H2,1H3,(H,28,30). The highest BCUT2D eigenvalue weighted by Crippen LogP contribution is 2.47. The molecule has 166 valence electrons. The Kier molecular flexibility index (Phi) is 5.79. The van der Waals surface area contributed by atoms with Gasteiger partial charge in [-0.3, -0.25) is 0 Å². The Morgan fingerprint density at radius 1 is 1.16 bits per heavy atom. The minimum atomic E-state index is -4.41. The van der Waals surface area contributed by atoms with Crippen LogP contribution in [0.5, 0.6) is 5.75 Å². The predicted octanol–water partition coefficient (Wildman–Crippen LogP) is 5.47. The Morgan fingerprint density at radius 3 is 2.45 bits per heavy atom. The molecule has 2 aliphatic rings. The highest BCUT2D eigenvalue weighted by atomic mass is 35.5. The summed E-state index contributed by atoms with van der Waals surface area (Å²) in [5.41, 5.74) is 0.181. The first-order valence-corrected chi connectivity index (χ1v) is 10.5. The number of para-hydroxylation sites is 1. The Bertz CT molecular complexity index is 957. The fraction of sp³-hybridized carbons (Fsp3) is 0.409. The van der Waals surface area contributed by atoms with Crippen LogP contribution in [0, 0.1) is 0 Å². The number of hydrogen-bond donors (Lipinski definition) is 2. The van der Waals surface area contributed by atoms with E-state index >= 15 is 0 Å². The molecule has 0 saturated carbocycles. The second-order valence-electron chi connectivity index (χ2n) is 7.98. The number of halogens is 4. The van der Waals surface area contributed by atoms with Crippen LogP contribution in [0.15, 0.2) is 42.5 Å². The first kappa shape index (κ1) is 21.8. The number of benzene rings is 2. The number of nitrogens with one attached hydrogen (secondary N) is 2. The van der Waals surface area contributed by atoms with Gasteiger partial charge < -0.3 is 20.3 Å². The fourth-order valence-electron chi connectivity index (χ4n) is 4.27. The minimum Gasteiger partial charge on any atom is -0.485 e. The average molecular weight is 454 g/mol. The van der Waals surface area contributed by atoms with E-state index < -0.39 is 17.3 Å². The molecule has 0 aromatic heterocycles. The van der Waals surface area contributed by atoms with E-state index in [1.165, 1.54) is 12.1 Å². The second kappa shape index (κ2) is 8.24. The lowest BCUT2D eigenvalue weighted by Gasteiger charge is -2.47. The molecule has 1 saturated heterocycles. The summed E-state index contributed by atoms with van der Waals surface area (Å²) in [4.78, 5) is 14.3. The van der Waals surface area contributed by atoms with Crippen LogP contribution >= 0.6 is 11.6 Å². The number of nitrogens with zero attached hydrogens (tertiary/aromatic N) is 1. The molecule has 5 nitrogen and oxygen atoms in total. The normalized spacial score (nSPS) is 20.2. The first-order valence-electron chi connectivity index (χ1n) is 10.1. The number of piperidine rings is 1. The Balaban J connectivity index is 1.40. The highest BCUT2D eigenvalue weighted by Gasteiger charge is 2.44. The molecular weight excluding hydrogens is 431 g/mol. The molecule has 2 aromatic carbocycles. The van der Waals surface area contributed by atoms with Crippen molar-refractivity contribution in [3.05, 3.63) is 58.6 Å². The van der Waals surface area contributed by atoms with E-state index in [1.54, 1.807) is 11.0 Å². The number of carbonyl (C=O) groups is 1. The topological polar surface area (TPSA) is 53.6 Å². The van der Waals surface area contributed by atoms with Crippen molar-refractivity contribution < 1.29 is 22.7 Å². The quantitative estimate of drug-likeness (QED) is 0.634. The molecule has 2 amide bonds. The van der Waals surface area contributed by atoms with Gasteiger partial charge in [0.1, 0.15) is 11.4 Å². The predicted molar refractivity (Wildman–Crippen MR) is 112 cm³/mol. The number of likely N-dealkylation sites (tertiary alicyclic amines) is 1. The third-order valence-corrected chi connectivity index (χ3v) is 6.34. The van der Waals surface area contributed by atoms with Gasteiger partial charge >= 0.3 is 12.2 Å². The molecule has 4 rings (SSSR count). The van der Waals surface area contributed by atoms with Crippen molar-refractivity contribution in [3.8, 4) is 5.75 Å². The summed E-state index contributed by atoms with van der Waals surface area (Å²) in [6, 6.07) is 9.90. The Hall–Kier alpha value is -2.45. The van der Waals surface area contributed by atoms with E-state index in [4.69, 9.17) is 16.3 Å². The number of anilines is 1. The molecule has 1 fully saturated rings. The van der Waals surface area contributed by atoms with Gasteiger partial charge in [0.25, 0.3) is 0 Å². The van der Waals surface area contributed by atoms with Gasteiger partial charge in [-0.05, 0) is 37.4 Å². The van der Waals surface area contributed by atoms with Crippen LogP contribution < -0.4 is 15.4 Å². The van der Waals surface area contributed by atoms with Crippen molar-refractivity contribution >= 4 is 23.3 Å². The summed E-state index contributed by atoms with van der Waals surface area (Å²) < 4.78 is 44.5. The molecule has 1 spiro atoms. The zero-order chi connectivity index (χ0) is 22.2. The lowest BCUT2D eigenvalue weighted by molar-refractivity contribution is -0.137. The molecule has 2 N–H and O–H groups in total. The molecule has 0 aliphatic carbocycles. The molecular formula is C22H23ClF3N3O2. The Labute approximate surface area is 183 Å². The molecule has 2 heterocycles. The summed E-state index contributed by atoms with van der Waals surface area (Å²) in [5.74, 6) is 0.692. The smallest absolute Gasteiger partial charge is 0.416 e. The molecule has 2 aromatic rings. The number of fused-ring (bicyclic) bond motifs is 1. The van der Waals surface area contributed by atoms with Crippen LogP contribution in [0.25, 0.3) is 0 Å². The van der Waals surface area contributed by atoms with Gasteiger partial charge in [-0.2, -0.15) is 13.2 Å². The van der Waals surface area contributed by atoms with E-state index in [-0.39, 0.29) is 12.1 Å². The molecule has 1 atom stereocenters. The number of carbonyl (C=O) groups excluding carboxylic acids is 1. The maximum absolute atomic E-state index is 12.7. The third kappa shape index (κ3) is 4.45. The number of urea groups is 1. The summed E-state index contributed by atoms with van der Waals surface area (Å²) in [6.07, 6.45) is -2.37. The molecule has 1 unspecified atom stereocenters. The minimum absolute atomic E-state index is 0.106. The maximum atomic E-state index is 12.7. The van der Waals surface area contributed by atoms with Crippen molar-refractivity contribution in [2.75, 3.05) is 25.5 Å².